The number of rotatable bonds is 7. The zero-order valence-electron chi connectivity index (χ0n) is 20.0. The monoisotopic (exact) mass is 451 g/mol. The van der Waals surface area contributed by atoms with Crippen molar-refractivity contribution in [2.75, 3.05) is 39.3 Å². The van der Waals surface area contributed by atoms with Crippen LogP contribution in [0.3, 0.4) is 0 Å². The SMILES string of the molecule is CCN(CC)C(=O)C1CCCN(Cc2ccc3c(c2)CN(Cc2cccc(O)c2)CCO3)C1. The molecular formula is C27H37N3O3. The summed E-state index contributed by atoms with van der Waals surface area (Å²) in [4.78, 5) is 19.6. The molecule has 33 heavy (non-hydrogen) atoms. The smallest absolute Gasteiger partial charge is 0.226 e. The molecule has 2 aliphatic rings. The van der Waals surface area contributed by atoms with Crippen LogP contribution >= 0.6 is 0 Å². The topological polar surface area (TPSA) is 56.3 Å². The molecule has 1 fully saturated rings. The molecule has 0 radical (unpaired) electrons. The number of ether oxygens (including phenoxy) is 1. The van der Waals surface area contributed by atoms with Crippen molar-refractivity contribution in [3.63, 3.8) is 0 Å². The maximum absolute atomic E-state index is 12.9. The number of phenolic OH excluding ortho intramolecular Hbond substituents is 1. The van der Waals surface area contributed by atoms with Crippen molar-refractivity contribution >= 4 is 5.91 Å². The van der Waals surface area contributed by atoms with Gasteiger partial charge in [0.2, 0.25) is 5.91 Å². The zero-order valence-corrected chi connectivity index (χ0v) is 20.0. The third-order valence-corrected chi connectivity index (χ3v) is 6.84. The molecule has 6 nitrogen and oxygen atoms in total. The van der Waals surface area contributed by atoms with E-state index in [1.54, 1.807) is 6.07 Å². The summed E-state index contributed by atoms with van der Waals surface area (Å²) < 4.78 is 6.03. The number of carbonyl (C=O) groups excluding carboxylic acids is 1. The van der Waals surface area contributed by atoms with E-state index in [1.165, 1.54) is 11.1 Å². The third-order valence-electron chi connectivity index (χ3n) is 6.84. The molecule has 1 amide bonds. The van der Waals surface area contributed by atoms with Gasteiger partial charge in [0.15, 0.2) is 0 Å². The third kappa shape index (κ3) is 6.06. The van der Waals surface area contributed by atoms with E-state index in [2.05, 4.69) is 47.9 Å². The lowest BCUT2D eigenvalue weighted by molar-refractivity contribution is -0.137. The standard InChI is InChI=1S/C27H37N3O3/c1-3-30(4-2)27(32)23-8-6-12-28(19-23)18-22-10-11-26-24(15-22)20-29(13-14-33-26)17-21-7-5-9-25(31)16-21/h5,7,9-11,15-16,23,31H,3-4,6,8,12-14,17-20H2,1-2H3. The molecule has 1 saturated heterocycles. The first-order valence-electron chi connectivity index (χ1n) is 12.3. The number of amides is 1. The number of benzene rings is 2. The summed E-state index contributed by atoms with van der Waals surface area (Å²) in [5, 5.41) is 9.79. The number of aromatic hydroxyl groups is 1. The van der Waals surface area contributed by atoms with Gasteiger partial charge in [0.1, 0.15) is 18.1 Å². The number of piperidine rings is 1. The van der Waals surface area contributed by atoms with Crippen molar-refractivity contribution in [1.29, 1.82) is 0 Å². The summed E-state index contributed by atoms with van der Waals surface area (Å²) in [6.07, 6.45) is 2.07. The largest absolute Gasteiger partial charge is 0.508 e. The number of likely N-dealkylation sites (tertiary alicyclic amines) is 1. The normalized spacial score (nSPS) is 19.4. The van der Waals surface area contributed by atoms with Crippen molar-refractivity contribution in [1.82, 2.24) is 14.7 Å². The predicted octanol–water partition coefficient (Wildman–Crippen LogP) is 3.87. The first-order valence-corrected chi connectivity index (χ1v) is 12.3. The van der Waals surface area contributed by atoms with E-state index in [4.69, 9.17) is 4.74 Å². The van der Waals surface area contributed by atoms with E-state index < -0.39 is 0 Å². The molecule has 1 unspecified atom stereocenters. The van der Waals surface area contributed by atoms with Gasteiger partial charge < -0.3 is 14.7 Å². The van der Waals surface area contributed by atoms with Gasteiger partial charge in [-0.2, -0.15) is 0 Å². The van der Waals surface area contributed by atoms with Crippen molar-refractivity contribution < 1.29 is 14.6 Å². The summed E-state index contributed by atoms with van der Waals surface area (Å²) in [6.45, 7) is 11.5. The molecule has 2 aliphatic heterocycles. The van der Waals surface area contributed by atoms with Crippen LogP contribution in [0.1, 0.15) is 43.4 Å². The van der Waals surface area contributed by atoms with E-state index in [-0.39, 0.29) is 5.92 Å². The van der Waals surface area contributed by atoms with Crippen LogP contribution in [0.2, 0.25) is 0 Å². The number of nitrogens with zero attached hydrogens (tertiary/aromatic N) is 3. The average Bonchev–Trinajstić information content (AvgIpc) is 3.01. The molecule has 0 aliphatic carbocycles. The van der Waals surface area contributed by atoms with Crippen LogP contribution in [-0.2, 0) is 24.4 Å². The van der Waals surface area contributed by atoms with Crippen LogP contribution in [0.4, 0.5) is 0 Å². The highest BCUT2D eigenvalue weighted by Gasteiger charge is 2.28. The molecular weight excluding hydrogens is 414 g/mol. The Balaban J connectivity index is 1.41. The average molecular weight is 452 g/mol. The van der Waals surface area contributed by atoms with Gasteiger partial charge in [0, 0.05) is 51.4 Å². The second-order valence-electron chi connectivity index (χ2n) is 9.26. The molecule has 2 heterocycles. The Kier molecular flexibility index (Phi) is 7.89. The lowest BCUT2D eigenvalue weighted by Gasteiger charge is -2.34. The zero-order chi connectivity index (χ0) is 23.2. The van der Waals surface area contributed by atoms with E-state index in [1.807, 2.05) is 17.0 Å². The fourth-order valence-corrected chi connectivity index (χ4v) is 5.10. The molecule has 0 spiro atoms. The van der Waals surface area contributed by atoms with Crippen molar-refractivity contribution in [3.8, 4) is 11.5 Å². The van der Waals surface area contributed by atoms with Crippen molar-refractivity contribution in [2.24, 2.45) is 5.92 Å². The fourth-order valence-electron chi connectivity index (χ4n) is 5.10. The first-order chi connectivity index (χ1) is 16.1. The minimum Gasteiger partial charge on any atom is -0.508 e. The number of carbonyl (C=O) groups is 1. The van der Waals surface area contributed by atoms with Crippen molar-refractivity contribution in [3.05, 3.63) is 59.2 Å². The Morgan fingerprint density at radius 3 is 2.64 bits per heavy atom. The van der Waals surface area contributed by atoms with E-state index >= 15 is 0 Å². The molecule has 1 N–H and O–H groups in total. The first kappa shape index (κ1) is 23.6. The number of hydrogen-bond donors (Lipinski definition) is 1. The summed E-state index contributed by atoms with van der Waals surface area (Å²) in [5.74, 6) is 1.69. The Morgan fingerprint density at radius 1 is 1.06 bits per heavy atom. The number of phenols is 1. The Hall–Kier alpha value is -2.57. The van der Waals surface area contributed by atoms with Gasteiger partial charge in [-0.05, 0) is 68.6 Å². The van der Waals surface area contributed by atoms with Crippen LogP contribution in [0, 0.1) is 5.92 Å². The van der Waals surface area contributed by atoms with Gasteiger partial charge >= 0.3 is 0 Å². The predicted molar refractivity (Wildman–Crippen MR) is 130 cm³/mol. The van der Waals surface area contributed by atoms with Crippen LogP contribution < -0.4 is 4.74 Å². The minimum absolute atomic E-state index is 0.112. The second-order valence-corrected chi connectivity index (χ2v) is 9.26. The van der Waals surface area contributed by atoms with E-state index in [0.717, 1.165) is 76.5 Å². The maximum Gasteiger partial charge on any atom is 0.226 e. The molecule has 178 valence electrons. The maximum atomic E-state index is 12.9. The fraction of sp³-hybridized carbons (Fsp3) is 0.519. The van der Waals surface area contributed by atoms with E-state index in [9.17, 15) is 9.90 Å². The van der Waals surface area contributed by atoms with E-state index in [0.29, 0.717) is 18.3 Å². The van der Waals surface area contributed by atoms with Crippen LogP contribution in [0.25, 0.3) is 0 Å². The highest BCUT2D eigenvalue weighted by molar-refractivity contribution is 5.79. The lowest BCUT2D eigenvalue weighted by Crippen LogP contribution is -2.44. The summed E-state index contributed by atoms with van der Waals surface area (Å²) in [5.41, 5.74) is 3.58. The molecule has 0 aromatic heterocycles. The molecule has 0 saturated carbocycles. The minimum atomic E-state index is 0.112. The summed E-state index contributed by atoms with van der Waals surface area (Å²) in [6, 6.07) is 14.0. The summed E-state index contributed by atoms with van der Waals surface area (Å²) in [7, 11) is 0. The molecule has 1 atom stereocenters. The van der Waals surface area contributed by atoms with Crippen LogP contribution in [0.15, 0.2) is 42.5 Å². The highest BCUT2D eigenvalue weighted by Crippen LogP contribution is 2.27. The number of hydrogen-bond acceptors (Lipinski definition) is 5. The Labute approximate surface area is 197 Å². The van der Waals surface area contributed by atoms with Gasteiger partial charge in [0.05, 0.1) is 5.92 Å². The Morgan fingerprint density at radius 2 is 1.85 bits per heavy atom. The molecule has 2 aromatic carbocycles. The van der Waals surface area contributed by atoms with Gasteiger partial charge in [-0.3, -0.25) is 14.6 Å². The van der Waals surface area contributed by atoms with Gasteiger partial charge in [-0.25, -0.2) is 0 Å². The quantitative estimate of drug-likeness (QED) is 0.693. The lowest BCUT2D eigenvalue weighted by atomic mass is 9.95. The second kappa shape index (κ2) is 11.0. The summed E-state index contributed by atoms with van der Waals surface area (Å²) >= 11 is 0. The Bertz CT molecular complexity index is 944. The van der Waals surface area contributed by atoms with Crippen LogP contribution in [-0.4, -0.2) is 65.0 Å². The van der Waals surface area contributed by atoms with Gasteiger partial charge in [0.25, 0.3) is 0 Å². The number of fused-ring (bicyclic) bond motifs is 1. The highest BCUT2D eigenvalue weighted by atomic mass is 16.5. The molecule has 0 bridgehead atoms. The van der Waals surface area contributed by atoms with Gasteiger partial charge in [-0.1, -0.05) is 18.2 Å². The molecule has 4 rings (SSSR count). The van der Waals surface area contributed by atoms with Crippen LogP contribution in [0.5, 0.6) is 11.5 Å². The molecule has 2 aromatic rings. The molecule has 6 heteroatoms. The van der Waals surface area contributed by atoms with Crippen molar-refractivity contribution in [2.45, 2.75) is 46.3 Å². The van der Waals surface area contributed by atoms with Gasteiger partial charge in [-0.15, -0.1) is 0 Å².